The number of carboxylic acids is 1. The Morgan fingerprint density at radius 3 is 2.55 bits per heavy atom. The molecule has 0 saturated heterocycles. The summed E-state index contributed by atoms with van der Waals surface area (Å²) in [6.45, 7) is 0.111. The third kappa shape index (κ3) is 3.55. The van der Waals surface area contributed by atoms with Gasteiger partial charge in [-0.2, -0.15) is 0 Å². The minimum atomic E-state index is -0.757. The number of nitrogens with one attached hydrogen (secondary N) is 1. The van der Waals surface area contributed by atoms with Gasteiger partial charge < -0.3 is 10.4 Å². The van der Waals surface area contributed by atoms with E-state index in [2.05, 4.69) is 21.2 Å². The summed E-state index contributed by atoms with van der Waals surface area (Å²) in [6, 6.07) is 2.68. The van der Waals surface area contributed by atoms with E-state index in [0.29, 0.717) is 25.7 Å². The molecule has 0 spiro atoms. The number of hydrogen-bond acceptors (Lipinski definition) is 2. The van der Waals surface area contributed by atoms with Crippen molar-refractivity contribution < 1.29 is 18.7 Å². The van der Waals surface area contributed by atoms with Gasteiger partial charge >= 0.3 is 5.97 Å². The summed E-state index contributed by atoms with van der Waals surface area (Å²) >= 11 is 3.04. The highest BCUT2D eigenvalue weighted by Crippen LogP contribution is 2.26. The van der Waals surface area contributed by atoms with Gasteiger partial charge in [-0.05, 0) is 53.7 Å². The van der Waals surface area contributed by atoms with Crippen LogP contribution in [-0.4, -0.2) is 17.1 Å². The van der Waals surface area contributed by atoms with Gasteiger partial charge in [0.1, 0.15) is 11.6 Å². The molecule has 0 heterocycles. The fourth-order valence-corrected chi connectivity index (χ4v) is 2.89. The van der Waals surface area contributed by atoms with Crippen LogP contribution >= 0.6 is 15.9 Å². The summed E-state index contributed by atoms with van der Waals surface area (Å²) in [6.07, 6.45) is 2.65. The second-order valence-corrected chi connectivity index (χ2v) is 5.94. The lowest BCUT2D eigenvalue weighted by Gasteiger charge is -2.27. The van der Waals surface area contributed by atoms with Crippen molar-refractivity contribution in [1.82, 2.24) is 5.32 Å². The molecule has 1 fully saturated rings. The van der Waals surface area contributed by atoms with Gasteiger partial charge in [-0.1, -0.05) is 0 Å². The largest absolute Gasteiger partial charge is 0.481 e. The fraction of sp³-hybridized carbons (Fsp3) is 0.500. The van der Waals surface area contributed by atoms with Gasteiger partial charge in [0.05, 0.1) is 10.4 Å². The predicted octanol–water partition coefficient (Wildman–Crippen LogP) is 3.46. The maximum absolute atomic E-state index is 13.8. The molecule has 2 N–H and O–H groups in total. The molecule has 20 heavy (non-hydrogen) atoms. The van der Waals surface area contributed by atoms with Gasteiger partial charge in [0.2, 0.25) is 0 Å². The van der Waals surface area contributed by atoms with E-state index in [9.17, 15) is 13.6 Å². The first-order chi connectivity index (χ1) is 9.49. The molecule has 0 amide bonds. The van der Waals surface area contributed by atoms with Gasteiger partial charge in [-0.3, -0.25) is 4.79 Å². The summed E-state index contributed by atoms with van der Waals surface area (Å²) in [5.74, 6) is -2.20. The van der Waals surface area contributed by atoms with Crippen LogP contribution in [0.15, 0.2) is 16.6 Å². The molecule has 1 aromatic rings. The van der Waals surface area contributed by atoms with Gasteiger partial charge in [0.15, 0.2) is 0 Å². The van der Waals surface area contributed by atoms with Crippen molar-refractivity contribution in [2.45, 2.75) is 38.3 Å². The number of rotatable bonds is 4. The van der Waals surface area contributed by atoms with E-state index in [4.69, 9.17) is 5.11 Å². The van der Waals surface area contributed by atoms with Crippen molar-refractivity contribution in [1.29, 1.82) is 0 Å². The highest BCUT2D eigenvalue weighted by molar-refractivity contribution is 9.10. The van der Waals surface area contributed by atoms with Crippen molar-refractivity contribution in [2.24, 2.45) is 5.92 Å². The van der Waals surface area contributed by atoms with Gasteiger partial charge in [-0.15, -0.1) is 0 Å². The Labute approximate surface area is 124 Å². The molecule has 3 nitrogen and oxygen atoms in total. The average molecular weight is 348 g/mol. The lowest BCUT2D eigenvalue weighted by molar-refractivity contribution is -0.142. The van der Waals surface area contributed by atoms with E-state index in [1.165, 1.54) is 12.1 Å². The minimum Gasteiger partial charge on any atom is -0.481 e. The molecule has 1 aliphatic carbocycles. The second-order valence-electron chi connectivity index (χ2n) is 5.09. The first kappa shape index (κ1) is 15.4. The van der Waals surface area contributed by atoms with Crippen molar-refractivity contribution in [2.75, 3.05) is 0 Å². The number of carbonyl (C=O) groups is 1. The van der Waals surface area contributed by atoms with Crippen LogP contribution in [0.4, 0.5) is 8.78 Å². The quantitative estimate of drug-likeness (QED) is 0.820. The molecule has 1 aliphatic rings. The SMILES string of the molecule is O=C(O)C1CCC(NCc2c(F)ccc(Br)c2F)CC1. The van der Waals surface area contributed by atoms with Gasteiger partial charge in [-0.25, -0.2) is 8.78 Å². The van der Waals surface area contributed by atoms with Crippen LogP contribution in [0.5, 0.6) is 0 Å². The molecule has 1 aromatic carbocycles. The number of benzene rings is 1. The smallest absolute Gasteiger partial charge is 0.306 e. The topological polar surface area (TPSA) is 49.3 Å². The Morgan fingerprint density at radius 2 is 1.95 bits per heavy atom. The summed E-state index contributed by atoms with van der Waals surface area (Å²) in [5, 5.41) is 12.0. The molecule has 2 rings (SSSR count). The number of hydrogen-bond donors (Lipinski definition) is 2. The van der Waals surface area contributed by atoms with Crippen LogP contribution in [0, 0.1) is 17.6 Å². The standard InChI is InChI=1S/C14H16BrF2NO2/c15-11-5-6-12(16)10(13(11)17)7-18-9-3-1-8(2-4-9)14(19)20/h5-6,8-9,18H,1-4,7H2,(H,19,20). The highest BCUT2D eigenvalue weighted by atomic mass is 79.9. The first-order valence-corrected chi connectivity index (χ1v) is 7.37. The van der Waals surface area contributed by atoms with Crippen LogP contribution in [0.1, 0.15) is 31.2 Å². The molecule has 0 bridgehead atoms. The van der Waals surface area contributed by atoms with Crippen LogP contribution in [0.25, 0.3) is 0 Å². The second kappa shape index (κ2) is 6.63. The zero-order valence-corrected chi connectivity index (χ0v) is 12.4. The molecular formula is C14H16BrF2NO2. The molecule has 6 heteroatoms. The minimum absolute atomic E-state index is 0.0136. The van der Waals surface area contributed by atoms with E-state index in [0.717, 1.165) is 0 Å². The summed E-state index contributed by atoms with van der Waals surface area (Å²) in [4.78, 5) is 10.8. The zero-order chi connectivity index (χ0) is 14.7. The Kier molecular flexibility index (Phi) is 5.10. The monoisotopic (exact) mass is 347 g/mol. The molecule has 0 atom stereocenters. The van der Waals surface area contributed by atoms with E-state index in [1.54, 1.807) is 0 Å². The first-order valence-electron chi connectivity index (χ1n) is 6.57. The van der Waals surface area contributed by atoms with Crippen LogP contribution in [0.3, 0.4) is 0 Å². The molecule has 110 valence electrons. The number of halogens is 3. The van der Waals surface area contributed by atoms with Gasteiger partial charge in [0.25, 0.3) is 0 Å². The number of aliphatic carboxylic acids is 1. The number of carboxylic acid groups (broad SMARTS) is 1. The van der Waals surface area contributed by atoms with Crippen LogP contribution in [0.2, 0.25) is 0 Å². The Balaban J connectivity index is 1.91. The Morgan fingerprint density at radius 1 is 1.30 bits per heavy atom. The average Bonchev–Trinajstić information content (AvgIpc) is 2.43. The normalized spacial score (nSPS) is 22.8. The predicted molar refractivity (Wildman–Crippen MR) is 74.3 cm³/mol. The molecule has 0 unspecified atom stereocenters. The Bertz CT molecular complexity index is 502. The molecular weight excluding hydrogens is 332 g/mol. The van der Waals surface area contributed by atoms with Gasteiger partial charge in [0, 0.05) is 18.2 Å². The molecule has 0 aliphatic heterocycles. The maximum atomic E-state index is 13.8. The lowest BCUT2D eigenvalue weighted by Crippen LogP contribution is -2.35. The Hall–Kier alpha value is -1.01. The molecule has 0 radical (unpaired) electrons. The van der Waals surface area contributed by atoms with Crippen LogP contribution in [-0.2, 0) is 11.3 Å². The van der Waals surface area contributed by atoms with E-state index in [-0.39, 0.29) is 28.5 Å². The maximum Gasteiger partial charge on any atom is 0.306 e. The third-order valence-corrected chi connectivity index (χ3v) is 4.40. The third-order valence-electron chi connectivity index (χ3n) is 3.78. The van der Waals surface area contributed by atoms with Crippen molar-refractivity contribution in [3.63, 3.8) is 0 Å². The van der Waals surface area contributed by atoms with Crippen LogP contribution < -0.4 is 5.32 Å². The van der Waals surface area contributed by atoms with E-state index >= 15 is 0 Å². The highest BCUT2D eigenvalue weighted by Gasteiger charge is 2.26. The van der Waals surface area contributed by atoms with E-state index in [1.807, 2.05) is 0 Å². The summed E-state index contributed by atoms with van der Waals surface area (Å²) < 4.78 is 27.6. The molecule has 1 saturated carbocycles. The summed E-state index contributed by atoms with van der Waals surface area (Å²) in [5.41, 5.74) is 0.0136. The summed E-state index contributed by atoms with van der Waals surface area (Å²) in [7, 11) is 0. The van der Waals surface area contributed by atoms with Crippen molar-refractivity contribution >= 4 is 21.9 Å². The zero-order valence-electron chi connectivity index (χ0n) is 10.8. The lowest BCUT2D eigenvalue weighted by atomic mass is 9.86. The fourth-order valence-electron chi connectivity index (χ4n) is 2.52. The van der Waals surface area contributed by atoms with E-state index < -0.39 is 17.6 Å². The molecule has 0 aromatic heterocycles. The van der Waals surface area contributed by atoms with Crippen molar-refractivity contribution in [3.05, 3.63) is 33.8 Å². The van der Waals surface area contributed by atoms with Crippen molar-refractivity contribution in [3.8, 4) is 0 Å².